The maximum atomic E-state index is 12.3. The Hall–Kier alpha value is -1.99. The number of benzene rings is 2. The van der Waals surface area contributed by atoms with Crippen LogP contribution < -0.4 is 10.0 Å². The Balaban J connectivity index is 1.73. The average Bonchev–Trinajstić information content (AvgIpc) is 2.94. The van der Waals surface area contributed by atoms with Gasteiger partial charge in [-0.2, -0.15) is 0 Å². The van der Waals surface area contributed by atoms with Crippen molar-refractivity contribution in [1.82, 2.24) is 5.32 Å². The van der Waals surface area contributed by atoms with Crippen molar-refractivity contribution in [2.75, 3.05) is 10.5 Å². The second-order valence-corrected chi connectivity index (χ2v) is 8.05. The van der Waals surface area contributed by atoms with Crippen LogP contribution in [0.1, 0.15) is 16.5 Å². The molecule has 0 aliphatic carbocycles. The predicted molar refractivity (Wildman–Crippen MR) is 92.5 cm³/mol. The van der Waals surface area contributed by atoms with Crippen LogP contribution in [0.25, 0.3) is 0 Å². The molecule has 1 unspecified atom stereocenters. The van der Waals surface area contributed by atoms with Crippen LogP contribution in [0.15, 0.2) is 54.6 Å². The zero-order chi connectivity index (χ0) is 16.3. The van der Waals surface area contributed by atoms with Gasteiger partial charge in [0.15, 0.2) is 0 Å². The molecule has 5 nitrogen and oxygen atoms in total. The van der Waals surface area contributed by atoms with Gasteiger partial charge in [-0.1, -0.05) is 42.5 Å². The molecule has 1 aliphatic rings. The van der Waals surface area contributed by atoms with Gasteiger partial charge in [0.05, 0.1) is 11.5 Å². The molecule has 3 rings (SSSR count). The highest BCUT2D eigenvalue weighted by molar-refractivity contribution is 8.00. The summed E-state index contributed by atoms with van der Waals surface area (Å²) in [5.41, 5.74) is 2.11. The zero-order valence-corrected chi connectivity index (χ0v) is 13.9. The summed E-state index contributed by atoms with van der Waals surface area (Å²) in [6.07, 6.45) is 0. The van der Waals surface area contributed by atoms with E-state index in [1.807, 2.05) is 24.3 Å². The van der Waals surface area contributed by atoms with Crippen LogP contribution in [0.3, 0.4) is 0 Å². The number of carbonyl (C=O) groups excluding carboxylic acids is 1. The summed E-state index contributed by atoms with van der Waals surface area (Å²) >= 11 is 1.50. The number of hydrogen-bond donors (Lipinski definition) is 2. The molecule has 7 heteroatoms. The average molecular weight is 348 g/mol. The number of hydrogen-bond acceptors (Lipinski definition) is 4. The molecule has 0 bridgehead atoms. The first kappa shape index (κ1) is 15.9. The second kappa shape index (κ2) is 6.64. The smallest absolute Gasteiger partial charge is 0.236 e. The van der Waals surface area contributed by atoms with Crippen LogP contribution in [-0.4, -0.2) is 20.1 Å². The fraction of sp³-hybridized carbons (Fsp3) is 0.188. The Bertz CT molecular complexity index is 807. The van der Waals surface area contributed by atoms with Gasteiger partial charge >= 0.3 is 0 Å². The van der Waals surface area contributed by atoms with Crippen molar-refractivity contribution in [1.29, 1.82) is 0 Å². The molecule has 0 radical (unpaired) electrons. The highest BCUT2D eigenvalue weighted by Crippen LogP contribution is 2.31. The molecule has 0 aromatic heterocycles. The van der Waals surface area contributed by atoms with Gasteiger partial charge in [-0.05, 0) is 23.3 Å². The molecular formula is C16H16N2O3S2. The molecule has 1 saturated heterocycles. The van der Waals surface area contributed by atoms with E-state index >= 15 is 0 Å². The van der Waals surface area contributed by atoms with Gasteiger partial charge in [-0.15, -0.1) is 11.8 Å². The molecule has 1 aliphatic heterocycles. The fourth-order valence-corrected chi connectivity index (χ4v) is 4.49. The summed E-state index contributed by atoms with van der Waals surface area (Å²) in [6, 6.07) is 16.1. The molecule has 23 heavy (non-hydrogen) atoms. The lowest BCUT2D eigenvalue weighted by atomic mass is 10.2. The normalized spacial score (nSPS) is 17.7. The van der Waals surface area contributed by atoms with Crippen molar-refractivity contribution in [3.63, 3.8) is 0 Å². The number of carbonyl (C=O) groups is 1. The van der Waals surface area contributed by atoms with Crippen molar-refractivity contribution < 1.29 is 13.2 Å². The van der Waals surface area contributed by atoms with Crippen LogP contribution in [0.4, 0.5) is 5.69 Å². The van der Waals surface area contributed by atoms with Gasteiger partial charge in [-0.3, -0.25) is 9.52 Å². The minimum Gasteiger partial charge on any atom is -0.339 e. The van der Waals surface area contributed by atoms with E-state index in [4.69, 9.17) is 0 Å². The van der Waals surface area contributed by atoms with Crippen LogP contribution in [0.2, 0.25) is 0 Å². The molecule has 2 aromatic carbocycles. The number of thioether (sulfide) groups is 1. The lowest BCUT2D eigenvalue weighted by molar-refractivity contribution is -0.118. The van der Waals surface area contributed by atoms with Crippen molar-refractivity contribution in [2.45, 2.75) is 11.1 Å². The third-order valence-corrected chi connectivity index (χ3v) is 5.75. The van der Waals surface area contributed by atoms with Gasteiger partial charge < -0.3 is 5.32 Å². The van der Waals surface area contributed by atoms with E-state index in [0.29, 0.717) is 11.4 Å². The van der Waals surface area contributed by atoms with Gasteiger partial charge in [0, 0.05) is 5.69 Å². The van der Waals surface area contributed by atoms with Crippen LogP contribution in [0, 0.1) is 0 Å². The lowest BCUT2D eigenvalue weighted by Crippen LogP contribution is -2.19. The van der Waals surface area contributed by atoms with Crippen molar-refractivity contribution in [3.05, 3.63) is 65.7 Å². The fourth-order valence-electron chi connectivity index (χ4n) is 2.34. The van der Waals surface area contributed by atoms with E-state index in [9.17, 15) is 13.2 Å². The van der Waals surface area contributed by atoms with E-state index in [0.717, 1.165) is 11.1 Å². The Morgan fingerprint density at radius 1 is 1.13 bits per heavy atom. The first-order chi connectivity index (χ1) is 11.0. The van der Waals surface area contributed by atoms with Crippen molar-refractivity contribution in [2.24, 2.45) is 0 Å². The molecule has 2 N–H and O–H groups in total. The number of anilines is 1. The van der Waals surface area contributed by atoms with Gasteiger partial charge in [0.1, 0.15) is 5.37 Å². The minimum absolute atomic E-state index is 0.00457. The molecule has 120 valence electrons. The molecule has 0 spiro atoms. The number of nitrogens with one attached hydrogen (secondary N) is 2. The molecule has 1 heterocycles. The standard InChI is InChI=1S/C16H16N2O3S2/c19-15-10-22-16(17-15)13-7-4-8-14(9-13)18-23(20,21)11-12-5-2-1-3-6-12/h1-9,16,18H,10-11H2,(H,17,19). The minimum atomic E-state index is -3.48. The lowest BCUT2D eigenvalue weighted by Gasteiger charge is -2.13. The van der Waals surface area contributed by atoms with E-state index in [2.05, 4.69) is 10.0 Å². The molecule has 2 aromatic rings. The largest absolute Gasteiger partial charge is 0.339 e. The highest BCUT2D eigenvalue weighted by Gasteiger charge is 2.23. The third kappa shape index (κ3) is 4.27. The van der Waals surface area contributed by atoms with Crippen molar-refractivity contribution in [3.8, 4) is 0 Å². The van der Waals surface area contributed by atoms with Crippen LogP contribution in [0.5, 0.6) is 0 Å². The first-order valence-electron chi connectivity index (χ1n) is 7.07. The molecule has 1 amide bonds. The van der Waals surface area contributed by atoms with Crippen LogP contribution >= 0.6 is 11.8 Å². The Morgan fingerprint density at radius 3 is 2.61 bits per heavy atom. The topological polar surface area (TPSA) is 75.3 Å². The summed E-state index contributed by atoms with van der Waals surface area (Å²) in [6.45, 7) is 0. The molecule has 1 atom stereocenters. The number of sulfonamides is 1. The van der Waals surface area contributed by atoms with Gasteiger partial charge in [0.2, 0.25) is 15.9 Å². The summed E-state index contributed by atoms with van der Waals surface area (Å²) in [5, 5.41) is 2.72. The summed E-state index contributed by atoms with van der Waals surface area (Å²) in [4.78, 5) is 11.3. The monoisotopic (exact) mass is 348 g/mol. The molecular weight excluding hydrogens is 332 g/mol. The maximum Gasteiger partial charge on any atom is 0.236 e. The Kier molecular flexibility index (Phi) is 4.58. The molecule has 1 fully saturated rings. The van der Waals surface area contributed by atoms with Gasteiger partial charge in [0.25, 0.3) is 0 Å². The quantitative estimate of drug-likeness (QED) is 0.870. The summed E-state index contributed by atoms with van der Waals surface area (Å²) < 4.78 is 27.1. The SMILES string of the molecule is O=C1CSC(c2cccc(NS(=O)(=O)Cc3ccccc3)c2)N1. The first-order valence-corrected chi connectivity index (χ1v) is 9.77. The van der Waals surface area contributed by atoms with E-state index in [-0.39, 0.29) is 17.0 Å². The number of amides is 1. The maximum absolute atomic E-state index is 12.3. The number of rotatable bonds is 5. The third-order valence-electron chi connectivity index (χ3n) is 3.34. The van der Waals surface area contributed by atoms with E-state index < -0.39 is 10.0 Å². The summed E-state index contributed by atoms with van der Waals surface area (Å²) in [5.74, 6) is 0.344. The Morgan fingerprint density at radius 2 is 1.91 bits per heavy atom. The predicted octanol–water partition coefficient (Wildman–Crippen LogP) is 2.49. The van der Waals surface area contributed by atoms with Crippen molar-refractivity contribution >= 4 is 33.4 Å². The summed E-state index contributed by atoms with van der Waals surface area (Å²) in [7, 11) is -3.48. The van der Waals surface area contributed by atoms with E-state index in [1.54, 1.807) is 30.3 Å². The molecule has 0 saturated carbocycles. The van der Waals surface area contributed by atoms with Gasteiger partial charge in [-0.25, -0.2) is 8.42 Å². The van der Waals surface area contributed by atoms with Crippen LogP contribution in [-0.2, 0) is 20.6 Å². The van der Waals surface area contributed by atoms with E-state index in [1.165, 1.54) is 11.8 Å². The second-order valence-electron chi connectivity index (χ2n) is 5.23. The Labute approximate surface area is 139 Å². The highest BCUT2D eigenvalue weighted by atomic mass is 32.2. The zero-order valence-electron chi connectivity index (χ0n) is 12.2.